The third-order valence-corrected chi connectivity index (χ3v) is 5.96. The summed E-state index contributed by atoms with van der Waals surface area (Å²) in [6.45, 7) is 2.17. The van der Waals surface area contributed by atoms with Gasteiger partial charge in [0.25, 0.3) is 5.56 Å². The van der Waals surface area contributed by atoms with Crippen molar-refractivity contribution in [2.45, 2.75) is 38.6 Å². The lowest BCUT2D eigenvalue weighted by molar-refractivity contribution is 0.237. The molecule has 1 aromatic carbocycles. The second-order valence-corrected chi connectivity index (χ2v) is 7.12. The lowest BCUT2D eigenvalue weighted by Gasteiger charge is -2.29. The normalized spacial score (nSPS) is 29.1. The zero-order chi connectivity index (χ0) is 14.6. The number of rotatable bonds is 2. The van der Waals surface area contributed by atoms with Crippen molar-refractivity contribution in [3.63, 3.8) is 0 Å². The Bertz CT molecular complexity index is 806. The molecule has 21 heavy (non-hydrogen) atoms. The summed E-state index contributed by atoms with van der Waals surface area (Å²) in [6.07, 6.45) is 5.33. The molecule has 110 valence electrons. The van der Waals surface area contributed by atoms with Crippen molar-refractivity contribution in [2.75, 3.05) is 0 Å². The number of benzene rings is 1. The van der Waals surface area contributed by atoms with Crippen LogP contribution in [0, 0.1) is 22.5 Å². The van der Waals surface area contributed by atoms with Gasteiger partial charge in [0.05, 0.1) is 10.9 Å². The summed E-state index contributed by atoms with van der Waals surface area (Å²) >= 11 is 5.47. The smallest absolute Gasteiger partial charge is 0.262 e. The number of hydrogen-bond donors (Lipinski definition) is 1. The van der Waals surface area contributed by atoms with Crippen LogP contribution in [0.5, 0.6) is 0 Å². The fourth-order valence-electron chi connectivity index (χ4n) is 4.62. The Kier molecular flexibility index (Phi) is 3.03. The second kappa shape index (κ2) is 4.80. The Morgan fingerprint density at radius 2 is 2.10 bits per heavy atom. The van der Waals surface area contributed by atoms with Gasteiger partial charge in [0, 0.05) is 6.04 Å². The lowest BCUT2D eigenvalue weighted by atomic mass is 9.84. The number of H-pyrrole nitrogens is 1. The molecule has 0 amide bonds. The summed E-state index contributed by atoms with van der Waals surface area (Å²) < 4.78 is 2.39. The maximum atomic E-state index is 12.8. The summed E-state index contributed by atoms with van der Waals surface area (Å²) in [5, 5.41) is 0.737. The maximum Gasteiger partial charge on any atom is 0.262 e. The molecule has 0 radical (unpaired) electrons. The van der Waals surface area contributed by atoms with E-state index in [1.807, 2.05) is 28.8 Å². The predicted octanol–water partition coefficient (Wildman–Crippen LogP) is 4.06. The molecule has 2 aromatic rings. The molecule has 2 bridgehead atoms. The van der Waals surface area contributed by atoms with Crippen molar-refractivity contribution in [3.05, 3.63) is 39.4 Å². The molecule has 2 aliphatic rings. The largest absolute Gasteiger partial charge is 0.332 e. The fraction of sp³-hybridized carbons (Fsp3) is 0.529. The highest BCUT2D eigenvalue weighted by Crippen LogP contribution is 2.51. The van der Waals surface area contributed by atoms with E-state index in [9.17, 15) is 4.79 Å². The van der Waals surface area contributed by atoms with Gasteiger partial charge in [0.1, 0.15) is 0 Å². The van der Waals surface area contributed by atoms with E-state index in [0.717, 1.165) is 22.7 Å². The molecule has 0 spiro atoms. The number of hydrogen-bond acceptors (Lipinski definition) is 2. The summed E-state index contributed by atoms with van der Waals surface area (Å²) in [6, 6.07) is 7.83. The fourth-order valence-corrected chi connectivity index (χ4v) is 4.98. The first-order chi connectivity index (χ1) is 10.1. The zero-order valence-corrected chi connectivity index (χ0v) is 13.0. The predicted molar refractivity (Wildman–Crippen MR) is 87.0 cm³/mol. The number of nitrogens with zero attached hydrogens (tertiary/aromatic N) is 1. The minimum absolute atomic E-state index is 0.0598. The topological polar surface area (TPSA) is 37.8 Å². The second-order valence-electron chi connectivity index (χ2n) is 6.73. The van der Waals surface area contributed by atoms with Crippen molar-refractivity contribution in [1.82, 2.24) is 9.55 Å². The Labute approximate surface area is 129 Å². The standard InChI is InChI=1S/C17H20N2OS/c1-10(14-9-11-6-7-12(14)8-11)19-16(20)13-4-2-3-5-15(13)18-17(19)21/h2-5,10-12,14H,6-9H2,1H3,(H,18,21)/t10-,11-,12-,14+/m0/s1. The third kappa shape index (κ3) is 2.00. The van der Waals surface area contributed by atoms with Gasteiger partial charge in [-0.25, -0.2) is 0 Å². The van der Waals surface area contributed by atoms with Gasteiger partial charge in [-0.2, -0.15) is 0 Å². The third-order valence-electron chi connectivity index (χ3n) is 5.66. The van der Waals surface area contributed by atoms with Gasteiger partial charge in [-0.3, -0.25) is 9.36 Å². The summed E-state index contributed by atoms with van der Waals surface area (Å²) in [4.78, 5) is 16.1. The van der Waals surface area contributed by atoms with E-state index >= 15 is 0 Å². The molecule has 2 saturated carbocycles. The lowest BCUT2D eigenvalue weighted by Crippen LogP contribution is -2.31. The van der Waals surface area contributed by atoms with Crippen LogP contribution in [0.25, 0.3) is 10.9 Å². The van der Waals surface area contributed by atoms with Crippen LogP contribution in [0.15, 0.2) is 29.1 Å². The summed E-state index contributed by atoms with van der Waals surface area (Å²) in [7, 11) is 0. The Morgan fingerprint density at radius 3 is 2.81 bits per heavy atom. The number of nitrogens with one attached hydrogen (secondary N) is 1. The first-order valence-corrected chi connectivity index (χ1v) is 8.29. The van der Waals surface area contributed by atoms with E-state index in [4.69, 9.17) is 12.2 Å². The van der Waals surface area contributed by atoms with Crippen LogP contribution < -0.4 is 5.56 Å². The van der Waals surface area contributed by atoms with Crippen LogP contribution in [-0.4, -0.2) is 9.55 Å². The quantitative estimate of drug-likeness (QED) is 0.849. The van der Waals surface area contributed by atoms with Gasteiger partial charge in [0.15, 0.2) is 4.77 Å². The Morgan fingerprint density at radius 1 is 1.29 bits per heavy atom. The van der Waals surface area contributed by atoms with E-state index in [1.165, 1.54) is 25.7 Å². The van der Waals surface area contributed by atoms with Crippen molar-refractivity contribution in [2.24, 2.45) is 17.8 Å². The van der Waals surface area contributed by atoms with Crippen LogP contribution in [0.2, 0.25) is 0 Å². The summed E-state index contributed by atoms with van der Waals surface area (Å²) in [5.74, 6) is 2.28. The number of aromatic amines is 1. The highest BCUT2D eigenvalue weighted by molar-refractivity contribution is 7.71. The van der Waals surface area contributed by atoms with Gasteiger partial charge >= 0.3 is 0 Å². The molecule has 0 aliphatic heterocycles. The molecule has 0 saturated heterocycles. The highest BCUT2D eigenvalue weighted by Gasteiger charge is 2.42. The van der Waals surface area contributed by atoms with E-state index in [0.29, 0.717) is 10.7 Å². The van der Waals surface area contributed by atoms with E-state index < -0.39 is 0 Å². The highest BCUT2D eigenvalue weighted by atomic mass is 32.1. The molecule has 2 fully saturated rings. The molecule has 1 N–H and O–H groups in total. The van der Waals surface area contributed by atoms with Crippen molar-refractivity contribution in [3.8, 4) is 0 Å². The molecule has 4 rings (SSSR count). The SMILES string of the molecule is C[C@@H]([C@H]1C[C@H]2CC[C@H]1C2)n1c(=S)[nH]c2ccccc2c1=O. The average Bonchev–Trinajstić information content (AvgIpc) is 3.10. The minimum Gasteiger partial charge on any atom is -0.332 e. The first-order valence-electron chi connectivity index (χ1n) is 7.88. The van der Waals surface area contributed by atoms with E-state index in [2.05, 4.69) is 11.9 Å². The van der Waals surface area contributed by atoms with Gasteiger partial charge < -0.3 is 4.98 Å². The van der Waals surface area contributed by atoms with Crippen LogP contribution in [0.4, 0.5) is 0 Å². The summed E-state index contributed by atoms with van der Waals surface area (Å²) in [5.41, 5.74) is 0.897. The average molecular weight is 300 g/mol. The van der Waals surface area contributed by atoms with E-state index in [1.54, 1.807) is 0 Å². The minimum atomic E-state index is 0.0598. The van der Waals surface area contributed by atoms with Crippen LogP contribution >= 0.6 is 12.2 Å². The van der Waals surface area contributed by atoms with E-state index in [-0.39, 0.29) is 11.6 Å². The molecular formula is C17H20N2OS. The molecular weight excluding hydrogens is 280 g/mol. The van der Waals surface area contributed by atoms with Crippen LogP contribution in [0.1, 0.15) is 38.6 Å². The first kappa shape index (κ1) is 13.3. The number of fused-ring (bicyclic) bond motifs is 3. The van der Waals surface area contributed by atoms with Gasteiger partial charge in [-0.1, -0.05) is 18.6 Å². The molecule has 2 aliphatic carbocycles. The molecule has 1 aromatic heterocycles. The number of aromatic nitrogens is 2. The van der Waals surface area contributed by atoms with Crippen molar-refractivity contribution < 1.29 is 0 Å². The molecule has 3 nitrogen and oxygen atoms in total. The maximum absolute atomic E-state index is 12.8. The number of para-hydroxylation sites is 1. The zero-order valence-electron chi connectivity index (χ0n) is 12.2. The Balaban J connectivity index is 1.83. The van der Waals surface area contributed by atoms with Gasteiger partial charge in [-0.05, 0) is 68.3 Å². The van der Waals surface area contributed by atoms with Gasteiger partial charge in [0.2, 0.25) is 0 Å². The van der Waals surface area contributed by atoms with Crippen molar-refractivity contribution >= 4 is 23.1 Å². The molecule has 4 heteroatoms. The monoisotopic (exact) mass is 300 g/mol. The Hall–Kier alpha value is -1.42. The molecule has 1 heterocycles. The molecule has 0 unspecified atom stereocenters. The van der Waals surface area contributed by atoms with Crippen LogP contribution in [-0.2, 0) is 0 Å². The van der Waals surface area contributed by atoms with Crippen molar-refractivity contribution in [1.29, 1.82) is 0 Å². The molecule has 4 atom stereocenters. The van der Waals surface area contributed by atoms with Crippen LogP contribution in [0.3, 0.4) is 0 Å². The van der Waals surface area contributed by atoms with Gasteiger partial charge in [-0.15, -0.1) is 0 Å².